The van der Waals surface area contributed by atoms with Gasteiger partial charge in [0.25, 0.3) is 5.91 Å². The van der Waals surface area contributed by atoms with Crippen LogP contribution in [0, 0.1) is 5.92 Å². The van der Waals surface area contributed by atoms with Crippen molar-refractivity contribution in [1.82, 2.24) is 9.80 Å². The highest BCUT2D eigenvalue weighted by atomic mass is 16.5. The number of likely N-dealkylation sites (tertiary alicyclic amines) is 1. The number of carbonyl (C=O) groups excluding carboxylic acids is 2. The van der Waals surface area contributed by atoms with Gasteiger partial charge in [-0.3, -0.25) is 9.59 Å². The molecular formula is C28H32N2O4. The maximum Gasteiger partial charge on any atom is 0.254 e. The molecule has 3 aromatic carbocycles. The average molecular weight is 461 g/mol. The second-order valence-electron chi connectivity index (χ2n) is 8.82. The molecule has 0 aromatic heterocycles. The van der Waals surface area contributed by atoms with E-state index in [9.17, 15) is 9.59 Å². The molecule has 6 heteroatoms. The van der Waals surface area contributed by atoms with Crippen LogP contribution in [0.4, 0.5) is 0 Å². The van der Waals surface area contributed by atoms with Crippen molar-refractivity contribution < 1.29 is 19.1 Å². The van der Waals surface area contributed by atoms with E-state index in [0.29, 0.717) is 43.1 Å². The molecule has 0 aliphatic carbocycles. The summed E-state index contributed by atoms with van der Waals surface area (Å²) in [4.78, 5) is 30.2. The number of hydrogen-bond acceptors (Lipinski definition) is 4. The Bertz CT molecular complexity index is 1170. The van der Waals surface area contributed by atoms with Crippen molar-refractivity contribution in [3.8, 4) is 11.5 Å². The summed E-state index contributed by atoms with van der Waals surface area (Å²) >= 11 is 0. The minimum Gasteiger partial charge on any atom is -0.493 e. The van der Waals surface area contributed by atoms with Crippen LogP contribution in [0.1, 0.15) is 28.8 Å². The summed E-state index contributed by atoms with van der Waals surface area (Å²) in [6.45, 7) is 1.74. The van der Waals surface area contributed by atoms with Crippen LogP contribution in [0.2, 0.25) is 0 Å². The van der Waals surface area contributed by atoms with Crippen molar-refractivity contribution >= 4 is 22.6 Å². The standard InChI is InChI=1S/C28H32N2O4/c1-29(17-15-20-13-14-25(33-2)26(18-20)34-3)27(31)22-10-7-16-30(19-22)28(32)24-12-6-9-21-8-4-5-11-23(21)24/h4-6,8-9,11-14,18,22H,7,10,15-17,19H2,1-3H3. The zero-order valence-electron chi connectivity index (χ0n) is 20.1. The van der Waals surface area contributed by atoms with Crippen LogP contribution >= 0.6 is 0 Å². The highest BCUT2D eigenvalue weighted by Gasteiger charge is 2.31. The van der Waals surface area contributed by atoms with Crippen molar-refractivity contribution in [2.45, 2.75) is 19.3 Å². The molecule has 178 valence electrons. The molecule has 1 fully saturated rings. The number of hydrogen-bond donors (Lipinski definition) is 0. The summed E-state index contributed by atoms with van der Waals surface area (Å²) in [6.07, 6.45) is 2.35. The molecule has 0 N–H and O–H groups in total. The number of fused-ring (bicyclic) bond motifs is 1. The Morgan fingerprint density at radius 1 is 1.00 bits per heavy atom. The van der Waals surface area contributed by atoms with Crippen LogP contribution in [0.3, 0.4) is 0 Å². The average Bonchev–Trinajstić information content (AvgIpc) is 2.90. The Balaban J connectivity index is 1.39. The van der Waals surface area contributed by atoms with Gasteiger partial charge in [0, 0.05) is 32.2 Å². The first-order valence-corrected chi connectivity index (χ1v) is 11.7. The van der Waals surface area contributed by atoms with Gasteiger partial charge in [-0.2, -0.15) is 0 Å². The first-order valence-electron chi connectivity index (χ1n) is 11.7. The van der Waals surface area contributed by atoms with E-state index in [0.717, 1.165) is 29.2 Å². The van der Waals surface area contributed by atoms with Gasteiger partial charge in [0.15, 0.2) is 11.5 Å². The molecule has 1 saturated heterocycles. The second kappa shape index (κ2) is 10.6. The van der Waals surface area contributed by atoms with E-state index in [1.807, 2.05) is 72.6 Å². The Kier molecular flexibility index (Phi) is 7.36. The van der Waals surface area contributed by atoms with Crippen LogP contribution in [-0.2, 0) is 11.2 Å². The number of benzene rings is 3. The van der Waals surface area contributed by atoms with Crippen LogP contribution < -0.4 is 9.47 Å². The van der Waals surface area contributed by atoms with E-state index in [-0.39, 0.29) is 17.7 Å². The largest absolute Gasteiger partial charge is 0.493 e. The molecule has 1 unspecified atom stereocenters. The van der Waals surface area contributed by atoms with Crippen molar-refractivity contribution in [3.63, 3.8) is 0 Å². The summed E-state index contributed by atoms with van der Waals surface area (Å²) in [6, 6.07) is 19.6. The third kappa shape index (κ3) is 5.01. The van der Waals surface area contributed by atoms with E-state index < -0.39 is 0 Å². The molecule has 6 nitrogen and oxygen atoms in total. The molecular weight excluding hydrogens is 428 g/mol. The third-order valence-electron chi connectivity index (χ3n) is 6.64. The number of likely N-dealkylation sites (N-methyl/N-ethyl adjacent to an activating group) is 1. The highest BCUT2D eigenvalue weighted by Crippen LogP contribution is 2.28. The van der Waals surface area contributed by atoms with Crippen LogP contribution in [0.15, 0.2) is 60.7 Å². The van der Waals surface area contributed by atoms with Gasteiger partial charge in [0.1, 0.15) is 0 Å². The quantitative estimate of drug-likeness (QED) is 0.524. The molecule has 1 aliphatic heterocycles. The molecule has 1 heterocycles. The number of ether oxygens (including phenoxy) is 2. The summed E-state index contributed by atoms with van der Waals surface area (Å²) in [7, 11) is 5.07. The summed E-state index contributed by atoms with van der Waals surface area (Å²) in [5.41, 5.74) is 1.78. The van der Waals surface area contributed by atoms with Gasteiger partial charge in [-0.05, 0) is 53.8 Å². The second-order valence-corrected chi connectivity index (χ2v) is 8.82. The predicted octanol–water partition coefficient (Wildman–Crippen LogP) is 4.41. The number of carbonyl (C=O) groups is 2. The van der Waals surface area contributed by atoms with Crippen molar-refractivity contribution in [2.24, 2.45) is 5.92 Å². The van der Waals surface area contributed by atoms with Crippen LogP contribution in [0.5, 0.6) is 11.5 Å². The van der Waals surface area contributed by atoms with Gasteiger partial charge in [0.2, 0.25) is 5.91 Å². The molecule has 0 radical (unpaired) electrons. The Labute approximate surface area is 201 Å². The molecule has 0 spiro atoms. The fourth-order valence-electron chi connectivity index (χ4n) is 4.70. The molecule has 2 amide bonds. The van der Waals surface area contributed by atoms with Gasteiger partial charge in [-0.1, -0.05) is 42.5 Å². The number of methoxy groups -OCH3 is 2. The van der Waals surface area contributed by atoms with E-state index in [2.05, 4.69) is 0 Å². The van der Waals surface area contributed by atoms with E-state index in [4.69, 9.17) is 9.47 Å². The lowest BCUT2D eigenvalue weighted by Gasteiger charge is -2.34. The molecule has 3 aromatic rings. The molecule has 4 rings (SSSR count). The normalized spacial score (nSPS) is 15.7. The fourth-order valence-corrected chi connectivity index (χ4v) is 4.70. The van der Waals surface area contributed by atoms with Gasteiger partial charge in [0.05, 0.1) is 20.1 Å². The van der Waals surface area contributed by atoms with E-state index in [1.165, 1.54) is 0 Å². The minimum absolute atomic E-state index is 0.00211. The number of amides is 2. The summed E-state index contributed by atoms with van der Waals surface area (Å²) < 4.78 is 10.7. The molecule has 1 aliphatic rings. The monoisotopic (exact) mass is 460 g/mol. The Morgan fingerprint density at radius 3 is 2.56 bits per heavy atom. The lowest BCUT2D eigenvalue weighted by molar-refractivity contribution is -0.135. The van der Waals surface area contributed by atoms with Gasteiger partial charge in [-0.25, -0.2) is 0 Å². The number of piperidine rings is 1. The van der Waals surface area contributed by atoms with Crippen molar-refractivity contribution in [3.05, 3.63) is 71.8 Å². The van der Waals surface area contributed by atoms with Gasteiger partial charge < -0.3 is 19.3 Å². The van der Waals surface area contributed by atoms with E-state index >= 15 is 0 Å². The zero-order valence-corrected chi connectivity index (χ0v) is 20.1. The van der Waals surface area contributed by atoms with E-state index in [1.54, 1.807) is 19.1 Å². The Morgan fingerprint density at radius 2 is 1.76 bits per heavy atom. The maximum atomic E-state index is 13.4. The molecule has 34 heavy (non-hydrogen) atoms. The lowest BCUT2D eigenvalue weighted by atomic mass is 9.95. The molecule has 0 saturated carbocycles. The highest BCUT2D eigenvalue weighted by molar-refractivity contribution is 6.07. The topological polar surface area (TPSA) is 59.1 Å². The van der Waals surface area contributed by atoms with Crippen molar-refractivity contribution in [2.75, 3.05) is 40.9 Å². The summed E-state index contributed by atoms with van der Waals surface area (Å²) in [5.74, 6) is 1.29. The first-order chi connectivity index (χ1) is 16.5. The third-order valence-corrected chi connectivity index (χ3v) is 6.64. The molecule has 0 bridgehead atoms. The molecule has 1 atom stereocenters. The summed E-state index contributed by atoms with van der Waals surface area (Å²) in [5, 5.41) is 2.00. The van der Waals surface area contributed by atoms with Gasteiger partial charge >= 0.3 is 0 Å². The lowest BCUT2D eigenvalue weighted by Crippen LogP contribution is -2.46. The smallest absolute Gasteiger partial charge is 0.254 e. The number of nitrogens with zero attached hydrogens (tertiary/aromatic N) is 2. The van der Waals surface area contributed by atoms with Crippen molar-refractivity contribution in [1.29, 1.82) is 0 Å². The maximum absolute atomic E-state index is 13.4. The first kappa shape index (κ1) is 23.6. The minimum atomic E-state index is -0.178. The number of rotatable bonds is 7. The zero-order chi connectivity index (χ0) is 24.1. The van der Waals surface area contributed by atoms with Crippen LogP contribution in [-0.4, -0.2) is 62.5 Å². The van der Waals surface area contributed by atoms with Crippen LogP contribution in [0.25, 0.3) is 10.8 Å². The fraction of sp³-hybridized carbons (Fsp3) is 0.357. The SMILES string of the molecule is COc1ccc(CCN(C)C(=O)C2CCCN(C(=O)c3cccc4ccccc34)C2)cc1OC. The Hall–Kier alpha value is -3.54. The predicted molar refractivity (Wildman–Crippen MR) is 133 cm³/mol. The van der Waals surface area contributed by atoms with Gasteiger partial charge in [-0.15, -0.1) is 0 Å².